The molecule has 0 spiro atoms. The zero-order valence-corrected chi connectivity index (χ0v) is 12.0. The first-order valence-electron chi connectivity index (χ1n) is 5.71. The Bertz CT molecular complexity index is 326. The normalized spacial score (nSPS) is 11.1. The van der Waals surface area contributed by atoms with Crippen LogP contribution in [0, 0.1) is 6.92 Å². The molecule has 0 atom stereocenters. The molecule has 1 N–H and O–H groups in total. The van der Waals surface area contributed by atoms with E-state index < -0.39 is 0 Å². The van der Waals surface area contributed by atoms with Crippen molar-refractivity contribution in [1.29, 1.82) is 0 Å². The highest BCUT2D eigenvalue weighted by Crippen LogP contribution is 2.19. The molecular formula is C13H21BrN2. The van der Waals surface area contributed by atoms with E-state index in [0.717, 1.165) is 19.6 Å². The summed E-state index contributed by atoms with van der Waals surface area (Å²) in [5.74, 6) is 0. The summed E-state index contributed by atoms with van der Waals surface area (Å²) in [5, 5.41) is 3.17. The van der Waals surface area contributed by atoms with Crippen molar-refractivity contribution in [3.05, 3.63) is 33.8 Å². The fraction of sp³-hybridized carbons (Fsp3) is 0.538. The van der Waals surface area contributed by atoms with Gasteiger partial charge in [-0.3, -0.25) is 0 Å². The molecule has 1 rings (SSSR count). The van der Waals surface area contributed by atoms with Gasteiger partial charge < -0.3 is 10.2 Å². The van der Waals surface area contributed by atoms with Gasteiger partial charge in [-0.25, -0.2) is 0 Å². The molecule has 16 heavy (non-hydrogen) atoms. The number of nitrogens with one attached hydrogen (secondary N) is 1. The van der Waals surface area contributed by atoms with Crippen molar-refractivity contribution in [2.45, 2.75) is 19.9 Å². The minimum absolute atomic E-state index is 1.00. The number of nitrogens with zero attached hydrogens (tertiary/aromatic N) is 1. The van der Waals surface area contributed by atoms with Gasteiger partial charge in [0.05, 0.1) is 0 Å². The average molecular weight is 285 g/mol. The fourth-order valence-electron chi connectivity index (χ4n) is 1.68. The first kappa shape index (κ1) is 13.7. The van der Waals surface area contributed by atoms with Crippen molar-refractivity contribution in [3.8, 4) is 0 Å². The van der Waals surface area contributed by atoms with Crippen LogP contribution in [0.4, 0.5) is 0 Å². The van der Waals surface area contributed by atoms with Crippen LogP contribution in [0.3, 0.4) is 0 Å². The van der Waals surface area contributed by atoms with Gasteiger partial charge in [-0.15, -0.1) is 0 Å². The van der Waals surface area contributed by atoms with Crippen LogP contribution in [-0.4, -0.2) is 32.1 Å². The molecule has 0 aromatic heterocycles. The summed E-state index contributed by atoms with van der Waals surface area (Å²) in [7, 11) is 4.17. The van der Waals surface area contributed by atoms with Gasteiger partial charge in [0.15, 0.2) is 0 Å². The summed E-state index contributed by atoms with van der Waals surface area (Å²) >= 11 is 3.62. The van der Waals surface area contributed by atoms with Gasteiger partial charge in [-0.05, 0) is 57.7 Å². The molecule has 0 saturated heterocycles. The van der Waals surface area contributed by atoms with Crippen molar-refractivity contribution in [1.82, 2.24) is 10.2 Å². The summed E-state index contributed by atoms with van der Waals surface area (Å²) in [6, 6.07) is 6.55. The molecule has 0 fully saturated rings. The maximum Gasteiger partial charge on any atom is 0.0241 e. The standard InChI is InChI=1S/C13H21BrN2/c1-11-5-6-12(13(14)9-11)10-16(3)8-4-7-15-2/h5-6,9,15H,4,7-8,10H2,1-3H3. The SMILES string of the molecule is CNCCCN(C)Cc1ccc(C)cc1Br. The van der Waals surface area contributed by atoms with E-state index in [9.17, 15) is 0 Å². The highest BCUT2D eigenvalue weighted by Gasteiger charge is 2.03. The topological polar surface area (TPSA) is 15.3 Å². The molecule has 0 saturated carbocycles. The predicted molar refractivity (Wildman–Crippen MR) is 73.8 cm³/mol. The van der Waals surface area contributed by atoms with Crippen LogP contribution in [0.5, 0.6) is 0 Å². The Balaban J connectivity index is 2.46. The molecule has 0 aliphatic heterocycles. The van der Waals surface area contributed by atoms with Gasteiger partial charge >= 0.3 is 0 Å². The lowest BCUT2D eigenvalue weighted by Gasteiger charge is -2.17. The van der Waals surface area contributed by atoms with Crippen molar-refractivity contribution in [2.75, 3.05) is 27.2 Å². The maximum absolute atomic E-state index is 3.62. The monoisotopic (exact) mass is 284 g/mol. The zero-order chi connectivity index (χ0) is 12.0. The quantitative estimate of drug-likeness (QED) is 0.809. The van der Waals surface area contributed by atoms with E-state index in [2.05, 4.69) is 58.3 Å². The zero-order valence-electron chi connectivity index (χ0n) is 10.4. The third-order valence-corrected chi connectivity index (χ3v) is 3.35. The van der Waals surface area contributed by atoms with Crippen LogP contribution in [0.25, 0.3) is 0 Å². The van der Waals surface area contributed by atoms with E-state index in [1.54, 1.807) is 0 Å². The molecule has 0 bridgehead atoms. The van der Waals surface area contributed by atoms with Crippen LogP contribution in [0.2, 0.25) is 0 Å². The molecule has 0 radical (unpaired) electrons. The molecule has 0 aliphatic carbocycles. The molecule has 90 valence electrons. The van der Waals surface area contributed by atoms with E-state index in [1.165, 1.54) is 22.0 Å². The lowest BCUT2D eigenvalue weighted by molar-refractivity contribution is 0.320. The van der Waals surface area contributed by atoms with Crippen LogP contribution >= 0.6 is 15.9 Å². The summed E-state index contributed by atoms with van der Waals surface area (Å²) < 4.78 is 1.22. The number of hydrogen-bond donors (Lipinski definition) is 1. The molecule has 0 unspecified atom stereocenters. The number of rotatable bonds is 6. The number of halogens is 1. The Kier molecular flexibility index (Phi) is 6.03. The third-order valence-electron chi connectivity index (χ3n) is 2.62. The number of hydrogen-bond acceptors (Lipinski definition) is 2. The summed E-state index contributed by atoms with van der Waals surface area (Å²) in [6.07, 6.45) is 1.19. The second kappa shape index (κ2) is 7.05. The minimum Gasteiger partial charge on any atom is -0.320 e. The smallest absolute Gasteiger partial charge is 0.0241 e. The van der Waals surface area contributed by atoms with Crippen molar-refractivity contribution in [2.24, 2.45) is 0 Å². The van der Waals surface area contributed by atoms with Gasteiger partial charge in [-0.1, -0.05) is 28.1 Å². The maximum atomic E-state index is 3.62. The summed E-state index contributed by atoms with van der Waals surface area (Å²) in [6.45, 7) is 5.33. The average Bonchev–Trinajstić information content (AvgIpc) is 2.23. The van der Waals surface area contributed by atoms with E-state index >= 15 is 0 Å². The van der Waals surface area contributed by atoms with E-state index in [4.69, 9.17) is 0 Å². The third kappa shape index (κ3) is 4.64. The highest BCUT2D eigenvalue weighted by atomic mass is 79.9. The van der Waals surface area contributed by atoms with Crippen LogP contribution < -0.4 is 5.32 Å². The van der Waals surface area contributed by atoms with Crippen LogP contribution in [0.15, 0.2) is 22.7 Å². The van der Waals surface area contributed by atoms with Crippen LogP contribution in [-0.2, 0) is 6.54 Å². The van der Waals surface area contributed by atoms with Crippen molar-refractivity contribution >= 4 is 15.9 Å². The van der Waals surface area contributed by atoms with E-state index in [0.29, 0.717) is 0 Å². The Hall–Kier alpha value is -0.380. The first-order chi connectivity index (χ1) is 7.63. The second-order valence-corrected chi connectivity index (χ2v) is 5.14. The number of aryl methyl sites for hydroxylation is 1. The van der Waals surface area contributed by atoms with Gasteiger partial charge in [0.25, 0.3) is 0 Å². The predicted octanol–water partition coefficient (Wildman–Crippen LogP) is 2.80. The largest absolute Gasteiger partial charge is 0.320 e. The van der Waals surface area contributed by atoms with Crippen molar-refractivity contribution in [3.63, 3.8) is 0 Å². The van der Waals surface area contributed by atoms with Gasteiger partial charge in [0.1, 0.15) is 0 Å². The lowest BCUT2D eigenvalue weighted by Crippen LogP contribution is -2.22. The van der Waals surface area contributed by atoms with E-state index in [1.807, 2.05) is 7.05 Å². The first-order valence-corrected chi connectivity index (χ1v) is 6.51. The molecule has 0 heterocycles. The Labute approximate surface area is 107 Å². The van der Waals surface area contributed by atoms with Crippen molar-refractivity contribution < 1.29 is 0 Å². The Morgan fingerprint density at radius 1 is 1.38 bits per heavy atom. The fourth-order valence-corrected chi connectivity index (χ4v) is 2.29. The molecule has 2 nitrogen and oxygen atoms in total. The van der Waals surface area contributed by atoms with Gasteiger partial charge in [-0.2, -0.15) is 0 Å². The van der Waals surface area contributed by atoms with Gasteiger partial charge in [0.2, 0.25) is 0 Å². The second-order valence-electron chi connectivity index (χ2n) is 4.29. The molecule has 1 aromatic rings. The molecule has 0 aliphatic rings. The highest BCUT2D eigenvalue weighted by molar-refractivity contribution is 9.10. The van der Waals surface area contributed by atoms with Crippen LogP contribution in [0.1, 0.15) is 17.5 Å². The molecule has 3 heteroatoms. The molecular weight excluding hydrogens is 264 g/mol. The summed E-state index contributed by atoms with van der Waals surface area (Å²) in [4.78, 5) is 2.35. The van der Waals surface area contributed by atoms with Gasteiger partial charge in [0, 0.05) is 11.0 Å². The summed E-state index contributed by atoms with van der Waals surface area (Å²) in [5.41, 5.74) is 2.66. The minimum atomic E-state index is 1.00. The molecule has 1 aromatic carbocycles. The lowest BCUT2D eigenvalue weighted by atomic mass is 10.1. The number of benzene rings is 1. The Morgan fingerprint density at radius 3 is 2.75 bits per heavy atom. The van der Waals surface area contributed by atoms with E-state index in [-0.39, 0.29) is 0 Å². The Morgan fingerprint density at radius 2 is 2.12 bits per heavy atom. The molecule has 0 amide bonds.